The molecule has 1 rings (SSSR count). The summed E-state index contributed by atoms with van der Waals surface area (Å²) in [6, 6.07) is 8.05. The van der Waals surface area contributed by atoms with Gasteiger partial charge in [-0.1, -0.05) is 26.0 Å². The molecule has 1 aromatic carbocycles. The highest BCUT2D eigenvalue weighted by Gasteiger charge is 2.16. The SMILES string of the molecule is CCc1cccc(OC(C)C(=O)NC(C)CC)c1. The monoisotopic (exact) mass is 249 g/mol. The molecule has 1 amide bonds. The second-order valence-corrected chi connectivity index (χ2v) is 4.58. The van der Waals surface area contributed by atoms with Gasteiger partial charge in [0.2, 0.25) is 0 Å². The number of aryl methyl sites for hydroxylation is 1. The molecule has 18 heavy (non-hydrogen) atoms. The van der Waals surface area contributed by atoms with E-state index in [2.05, 4.69) is 18.3 Å². The lowest BCUT2D eigenvalue weighted by Crippen LogP contribution is -2.40. The fourth-order valence-electron chi connectivity index (χ4n) is 1.56. The third-order valence-electron chi connectivity index (χ3n) is 2.99. The van der Waals surface area contributed by atoms with Gasteiger partial charge in [-0.2, -0.15) is 0 Å². The summed E-state index contributed by atoms with van der Waals surface area (Å²) in [5.41, 5.74) is 1.21. The molecule has 0 spiro atoms. The maximum absolute atomic E-state index is 11.8. The minimum Gasteiger partial charge on any atom is -0.481 e. The fraction of sp³-hybridized carbons (Fsp3) is 0.533. The third kappa shape index (κ3) is 4.40. The number of hydrogen-bond acceptors (Lipinski definition) is 2. The second-order valence-electron chi connectivity index (χ2n) is 4.58. The Bertz CT molecular complexity index is 390. The van der Waals surface area contributed by atoms with Gasteiger partial charge in [0.15, 0.2) is 6.10 Å². The first kappa shape index (κ1) is 14.6. The number of benzene rings is 1. The van der Waals surface area contributed by atoms with Crippen LogP contribution in [0.4, 0.5) is 0 Å². The van der Waals surface area contributed by atoms with Crippen molar-refractivity contribution in [2.45, 2.75) is 52.7 Å². The average molecular weight is 249 g/mol. The van der Waals surface area contributed by atoms with Crippen LogP contribution < -0.4 is 10.1 Å². The van der Waals surface area contributed by atoms with Crippen LogP contribution in [0, 0.1) is 0 Å². The molecule has 2 atom stereocenters. The summed E-state index contributed by atoms with van der Waals surface area (Å²) in [5.74, 6) is 0.687. The third-order valence-corrected chi connectivity index (χ3v) is 2.99. The number of nitrogens with one attached hydrogen (secondary N) is 1. The Balaban J connectivity index is 2.57. The largest absolute Gasteiger partial charge is 0.481 e. The number of rotatable bonds is 6. The number of amides is 1. The second kappa shape index (κ2) is 7.04. The Labute approximate surface area is 110 Å². The molecule has 0 aliphatic heterocycles. The van der Waals surface area contributed by atoms with Crippen molar-refractivity contribution < 1.29 is 9.53 Å². The van der Waals surface area contributed by atoms with Gasteiger partial charge in [-0.05, 0) is 44.4 Å². The van der Waals surface area contributed by atoms with Gasteiger partial charge in [0.05, 0.1) is 0 Å². The van der Waals surface area contributed by atoms with E-state index in [4.69, 9.17) is 4.74 Å². The van der Waals surface area contributed by atoms with Crippen LogP contribution in [-0.2, 0) is 11.2 Å². The Kier molecular flexibility index (Phi) is 5.69. The van der Waals surface area contributed by atoms with Crippen LogP contribution >= 0.6 is 0 Å². The van der Waals surface area contributed by atoms with Crippen molar-refractivity contribution in [2.24, 2.45) is 0 Å². The zero-order valence-corrected chi connectivity index (χ0v) is 11.7. The van der Waals surface area contributed by atoms with Crippen LogP contribution in [0.2, 0.25) is 0 Å². The van der Waals surface area contributed by atoms with E-state index >= 15 is 0 Å². The molecule has 0 bridgehead atoms. The van der Waals surface area contributed by atoms with Crippen LogP contribution in [0.5, 0.6) is 5.75 Å². The van der Waals surface area contributed by atoms with Crippen LogP contribution in [0.1, 0.15) is 39.7 Å². The predicted octanol–water partition coefficient (Wildman–Crippen LogP) is 2.93. The van der Waals surface area contributed by atoms with Gasteiger partial charge >= 0.3 is 0 Å². The highest BCUT2D eigenvalue weighted by atomic mass is 16.5. The van der Waals surface area contributed by atoms with Crippen LogP contribution in [0.15, 0.2) is 24.3 Å². The molecule has 0 aliphatic carbocycles. The molecule has 0 radical (unpaired) electrons. The molecular weight excluding hydrogens is 226 g/mol. The Morgan fingerprint density at radius 3 is 2.67 bits per heavy atom. The lowest BCUT2D eigenvalue weighted by atomic mass is 10.1. The van der Waals surface area contributed by atoms with E-state index in [0.29, 0.717) is 0 Å². The highest BCUT2D eigenvalue weighted by molar-refractivity contribution is 5.80. The minimum atomic E-state index is -0.467. The minimum absolute atomic E-state index is 0.0637. The maximum Gasteiger partial charge on any atom is 0.260 e. The Hall–Kier alpha value is -1.51. The van der Waals surface area contributed by atoms with E-state index in [1.807, 2.05) is 32.0 Å². The number of ether oxygens (including phenoxy) is 1. The van der Waals surface area contributed by atoms with Crippen LogP contribution in [0.25, 0.3) is 0 Å². The van der Waals surface area contributed by atoms with Gasteiger partial charge in [-0.15, -0.1) is 0 Å². The van der Waals surface area contributed by atoms with E-state index in [-0.39, 0.29) is 11.9 Å². The molecule has 0 aromatic heterocycles. The zero-order valence-electron chi connectivity index (χ0n) is 11.7. The van der Waals surface area contributed by atoms with Crippen LogP contribution in [0.3, 0.4) is 0 Å². The Morgan fingerprint density at radius 1 is 1.33 bits per heavy atom. The molecular formula is C15H23NO2. The number of hydrogen-bond donors (Lipinski definition) is 1. The van der Waals surface area contributed by atoms with Crippen LogP contribution in [-0.4, -0.2) is 18.1 Å². The number of carbonyl (C=O) groups is 1. The summed E-state index contributed by atoms with van der Waals surface area (Å²) in [7, 11) is 0. The summed E-state index contributed by atoms with van der Waals surface area (Å²) in [6.07, 6.45) is 1.42. The highest BCUT2D eigenvalue weighted by Crippen LogP contribution is 2.15. The smallest absolute Gasteiger partial charge is 0.260 e. The topological polar surface area (TPSA) is 38.3 Å². The van der Waals surface area contributed by atoms with E-state index in [0.717, 1.165) is 18.6 Å². The molecule has 0 heterocycles. The van der Waals surface area contributed by atoms with Gasteiger partial charge in [0, 0.05) is 6.04 Å². The van der Waals surface area contributed by atoms with Crippen molar-refractivity contribution >= 4 is 5.91 Å². The summed E-state index contributed by atoms with van der Waals surface area (Å²) in [5, 5.41) is 2.91. The van der Waals surface area contributed by atoms with E-state index < -0.39 is 6.10 Å². The first-order chi connectivity index (χ1) is 8.56. The average Bonchev–Trinajstić information content (AvgIpc) is 2.38. The summed E-state index contributed by atoms with van der Waals surface area (Å²) in [4.78, 5) is 11.8. The lowest BCUT2D eigenvalue weighted by Gasteiger charge is -2.18. The van der Waals surface area contributed by atoms with Gasteiger partial charge in [0.1, 0.15) is 5.75 Å². The summed E-state index contributed by atoms with van der Waals surface area (Å²) in [6.45, 7) is 7.90. The van der Waals surface area contributed by atoms with Crippen molar-refractivity contribution in [3.63, 3.8) is 0 Å². The first-order valence-electron chi connectivity index (χ1n) is 6.62. The molecule has 3 heteroatoms. The summed E-state index contributed by atoms with van der Waals surface area (Å²) < 4.78 is 5.65. The molecule has 0 aliphatic rings. The normalized spacial score (nSPS) is 13.8. The fourth-order valence-corrected chi connectivity index (χ4v) is 1.56. The molecule has 100 valence electrons. The van der Waals surface area contributed by atoms with Gasteiger partial charge in [0.25, 0.3) is 5.91 Å². The molecule has 0 fully saturated rings. The van der Waals surface area contributed by atoms with Gasteiger partial charge in [-0.25, -0.2) is 0 Å². The molecule has 1 N–H and O–H groups in total. The van der Waals surface area contributed by atoms with Gasteiger partial charge in [-0.3, -0.25) is 4.79 Å². The van der Waals surface area contributed by atoms with Crippen molar-refractivity contribution in [1.29, 1.82) is 0 Å². The number of carbonyl (C=O) groups excluding carboxylic acids is 1. The molecule has 0 saturated heterocycles. The quantitative estimate of drug-likeness (QED) is 0.841. The van der Waals surface area contributed by atoms with Gasteiger partial charge < -0.3 is 10.1 Å². The first-order valence-corrected chi connectivity index (χ1v) is 6.62. The molecule has 0 saturated carbocycles. The Morgan fingerprint density at radius 2 is 2.06 bits per heavy atom. The van der Waals surface area contributed by atoms with Crippen molar-refractivity contribution in [3.8, 4) is 5.75 Å². The molecule has 1 aromatic rings. The van der Waals surface area contributed by atoms with Crippen molar-refractivity contribution in [2.75, 3.05) is 0 Å². The van der Waals surface area contributed by atoms with E-state index in [1.54, 1.807) is 6.92 Å². The predicted molar refractivity (Wildman–Crippen MR) is 73.8 cm³/mol. The molecule has 3 nitrogen and oxygen atoms in total. The lowest BCUT2D eigenvalue weighted by molar-refractivity contribution is -0.127. The van der Waals surface area contributed by atoms with E-state index in [1.165, 1.54) is 5.56 Å². The van der Waals surface area contributed by atoms with E-state index in [9.17, 15) is 4.79 Å². The standard InChI is InChI=1S/C15H23NO2/c1-5-11(3)16-15(17)12(4)18-14-9-7-8-13(6-2)10-14/h7-12H,5-6H2,1-4H3,(H,16,17). The molecule has 2 unspecified atom stereocenters. The maximum atomic E-state index is 11.8. The van der Waals surface area contributed by atoms with Crippen molar-refractivity contribution in [3.05, 3.63) is 29.8 Å². The zero-order chi connectivity index (χ0) is 13.5. The summed E-state index contributed by atoms with van der Waals surface area (Å²) >= 11 is 0. The van der Waals surface area contributed by atoms with Crippen molar-refractivity contribution in [1.82, 2.24) is 5.32 Å².